The van der Waals surface area contributed by atoms with Gasteiger partial charge in [0.1, 0.15) is 6.54 Å². The third-order valence-corrected chi connectivity index (χ3v) is 2.37. The second-order valence-corrected chi connectivity index (χ2v) is 3.68. The van der Waals surface area contributed by atoms with Crippen LogP contribution < -0.4 is 5.32 Å². The number of hydrogen-bond donors (Lipinski definition) is 2. The maximum absolute atomic E-state index is 11.5. The van der Waals surface area contributed by atoms with Crippen molar-refractivity contribution in [2.75, 3.05) is 19.0 Å². The summed E-state index contributed by atoms with van der Waals surface area (Å²) in [5.74, 6) is -1.90. The van der Waals surface area contributed by atoms with Crippen LogP contribution in [-0.4, -0.2) is 35.6 Å². The second-order valence-electron chi connectivity index (χ2n) is 3.68. The van der Waals surface area contributed by atoms with E-state index in [1.165, 1.54) is 13.0 Å². The lowest BCUT2D eigenvalue weighted by Crippen LogP contribution is -2.16. The van der Waals surface area contributed by atoms with E-state index in [1.807, 2.05) is 0 Å². The highest BCUT2D eigenvalue weighted by Gasteiger charge is 2.20. The number of methoxy groups -OCH3 is 1. The second kappa shape index (κ2) is 5.80. The van der Waals surface area contributed by atoms with Gasteiger partial charge in [-0.2, -0.15) is 0 Å². The largest absolute Gasteiger partial charge is 0.480 e. The molecule has 2 N–H and O–H groups in total. The van der Waals surface area contributed by atoms with Gasteiger partial charge in [-0.15, -0.1) is 0 Å². The van der Waals surface area contributed by atoms with Crippen LogP contribution in [0.4, 0.5) is 11.4 Å². The molecule has 0 aromatic heterocycles. The Kier molecular flexibility index (Phi) is 4.41. The molecule has 0 heterocycles. The number of carboxylic acid groups (broad SMARTS) is 1. The molecule has 19 heavy (non-hydrogen) atoms. The number of nitrogens with zero attached hydrogens (tertiary/aromatic N) is 1. The number of aryl methyl sites for hydroxylation is 1. The van der Waals surface area contributed by atoms with Gasteiger partial charge < -0.3 is 15.2 Å². The summed E-state index contributed by atoms with van der Waals surface area (Å²) in [6, 6.07) is 2.40. The molecule has 0 amide bonds. The maximum atomic E-state index is 11.5. The summed E-state index contributed by atoms with van der Waals surface area (Å²) in [5.41, 5.74) is 0.171. The Bertz CT molecular complexity index is 540. The van der Waals surface area contributed by atoms with Gasteiger partial charge in [0, 0.05) is 17.3 Å². The zero-order chi connectivity index (χ0) is 14.6. The zero-order valence-corrected chi connectivity index (χ0v) is 10.3. The molecule has 0 spiro atoms. The average molecular weight is 268 g/mol. The number of aliphatic carboxylic acids is 1. The van der Waals surface area contributed by atoms with Gasteiger partial charge >= 0.3 is 11.9 Å². The van der Waals surface area contributed by atoms with Gasteiger partial charge in [0.25, 0.3) is 5.69 Å². The average Bonchev–Trinajstić information content (AvgIpc) is 2.34. The zero-order valence-electron chi connectivity index (χ0n) is 10.3. The molecular weight excluding hydrogens is 256 g/mol. The van der Waals surface area contributed by atoms with Gasteiger partial charge in [-0.3, -0.25) is 14.9 Å². The number of carbonyl (C=O) groups is 2. The third kappa shape index (κ3) is 3.41. The molecule has 8 heteroatoms. The van der Waals surface area contributed by atoms with E-state index < -0.39 is 23.4 Å². The van der Waals surface area contributed by atoms with Gasteiger partial charge in [0.05, 0.1) is 17.6 Å². The molecule has 1 rings (SSSR count). The van der Waals surface area contributed by atoms with E-state index >= 15 is 0 Å². The number of rotatable bonds is 5. The van der Waals surface area contributed by atoms with E-state index in [0.717, 1.165) is 13.2 Å². The number of esters is 1. The van der Waals surface area contributed by atoms with Crippen molar-refractivity contribution in [1.82, 2.24) is 0 Å². The summed E-state index contributed by atoms with van der Waals surface area (Å²) in [5, 5.41) is 21.9. The van der Waals surface area contributed by atoms with Gasteiger partial charge in [0.15, 0.2) is 0 Å². The first-order chi connectivity index (χ1) is 8.86. The van der Waals surface area contributed by atoms with Crippen molar-refractivity contribution in [2.24, 2.45) is 0 Å². The van der Waals surface area contributed by atoms with Crippen LogP contribution >= 0.6 is 0 Å². The lowest BCUT2D eigenvalue weighted by atomic mass is 10.1. The highest BCUT2D eigenvalue weighted by molar-refractivity contribution is 5.97. The fraction of sp³-hybridized carbons (Fsp3) is 0.273. The first-order valence-electron chi connectivity index (χ1n) is 5.19. The van der Waals surface area contributed by atoms with Gasteiger partial charge in [-0.25, -0.2) is 4.79 Å². The van der Waals surface area contributed by atoms with E-state index in [9.17, 15) is 19.7 Å². The molecule has 0 fully saturated rings. The van der Waals surface area contributed by atoms with Gasteiger partial charge in [-0.1, -0.05) is 0 Å². The summed E-state index contributed by atoms with van der Waals surface area (Å²) in [6.45, 7) is 1.08. The van der Waals surface area contributed by atoms with Crippen LogP contribution in [0.25, 0.3) is 0 Å². The van der Waals surface area contributed by atoms with Crippen molar-refractivity contribution in [3.8, 4) is 0 Å². The summed E-state index contributed by atoms with van der Waals surface area (Å²) in [4.78, 5) is 32.2. The number of nitrogens with one attached hydrogen (secondary N) is 1. The number of anilines is 1. The van der Waals surface area contributed by atoms with Gasteiger partial charge in [0.2, 0.25) is 0 Å². The van der Waals surface area contributed by atoms with E-state index in [1.54, 1.807) is 0 Å². The number of benzene rings is 1. The molecule has 0 unspecified atom stereocenters. The number of nitro groups is 1. The molecule has 0 saturated heterocycles. The number of nitro benzene ring substituents is 1. The lowest BCUT2D eigenvalue weighted by molar-refractivity contribution is -0.385. The van der Waals surface area contributed by atoms with Crippen LogP contribution in [-0.2, 0) is 9.53 Å². The molecule has 102 valence electrons. The van der Waals surface area contributed by atoms with Crippen molar-refractivity contribution in [3.05, 3.63) is 33.4 Å². The number of carboxylic acids is 1. The molecule has 0 saturated carbocycles. The third-order valence-electron chi connectivity index (χ3n) is 2.37. The number of hydrogen-bond acceptors (Lipinski definition) is 6. The molecule has 1 aromatic rings. The highest BCUT2D eigenvalue weighted by atomic mass is 16.6. The molecule has 0 atom stereocenters. The predicted octanol–water partition coefficient (Wildman–Crippen LogP) is 1.19. The SMILES string of the molecule is COC(=O)c1cc([N+](=O)[O-])c(C)cc1NCC(=O)O. The standard InChI is InChI=1S/C11H12N2O6/c1-6-3-8(12-5-10(14)15)7(11(16)19-2)4-9(6)13(17)18/h3-4,12H,5H2,1-2H3,(H,14,15). The molecule has 0 aliphatic rings. The van der Waals surface area contributed by atoms with E-state index in [2.05, 4.69) is 10.1 Å². The quantitative estimate of drug-likeness (QED) is 0.467. The molecule has 1 aromatic carbocycles. The Morgan fingerprint density at radius 1 is 1.47 bits per heavy atom. The van der Waals surface area contributed by atoms with Crippen LogP contribution in [0.3, 0.4) is 0 Å². The fourth-order valence-electron chi connectivity index (χ4n) is 1.49. The lowest BCUT2D eigenvalue weighted by Gasteiger charge is -2.10. The fourth-order valence-corrected chi connectivity index (χ4v) is 1.49. The Balaban J connectivity index is 3.27. The minimum atomic E-state index is -1.12. The van der Waals surface area contributed by atoms with Crippen molar-refractivity contribution in [2.45, 2.75) is 6.92 Å². The minimum Gasteiger partial charge on any atom is -0.480 e. The first kappa shape index (κ1) is 14.4. The van der Waals surface area contributed by atoms with E-state index in [4.69, 9.17) is 5.11 Å². The van der Waals surface area contributed by atoms with Crippen LogP contribution in [0.5, 0.6) is 0 Å². The smallest absolute Gasteiger partial charge is 0.340 e. The van der Waals surface area contributed by atoms with Crippen LogP contribution in [0.2, 0.25) is 0 Å². The summed E-state index contributed by atoms with van der Waals surface area (Å²) in [7, 11) is 1.13. The Hall–Kier alpha value is -2.64. The Labute approximate surface area is 108 Å². The van der Waals surface area contributed by atoms with Crippen LogP contribution in [0.15, 0.2) is 12.1 Å². The molecular formula is C11H12N2O6. The van der Waals surface area contributed by atoms with Crippen LogP contribution in [0, 0.1) is 17.0 Å². The normalized spacial score (nSPS) is 9.79. The molecule has 0 bridgehead atoms. The molecule has 0 aliphatic heterocycles. The summed E-state index contributed by atoms with van der Waals surface area (Å²) >= 11 is 0. The monoisotopic (exact) mass is 268 g/mol. The number of ether oxygens (including phenoxy) is 1. The predicted molar refractivity (Wildman–Crippen MR) is 65.3 cm³/mol. The first-order valence-corrected chi connectivity index (χ1v) is 5.19. The van der Waals surface area contributed by atoms with Crippen molar-refractivity contribution < 1.29 is 24.4 Å². The van der Waals surface area contributed by atoms with E-state index in [-0.39, 0.29) is 16.9 Å². The Morgan fingerprint density at radius 2 is 2.11 bits per heavy atom. The maximum Gasteiger partial charge on any atom is 0.340 e. The summed E-state index contributed by atoms with van der Waals surface area (Å²) < 4.78 is 4.51. The summed E-state index contributed by atoms with van der Waals surface area (Å²) in [6.07, 6.45) is 0. The highest BCUT2D eigenvalue weighted by Crippen LogP contribution is 2.27. The van der Waals surface area contributed by atoms with Gasteiger partial charge in [-0.05, 0) is 13.0 Å². The van der Waals surface area contributed by atoms with Crippen LogP contribution in [0.1, 0.15) is 15.9 Å². The topological polar surface area (TPSA) is 119 Å². The molecule has 0 aliphatic carbocycles. The number of carbonyl (C=O) groups excluding carboxylic acids is 1. The Morgan fingerprint density at radius 3 is 2.58 bits per heavy atom. The van der Waals surface area contributed by atoms with Crippen molar-refractivity contribution in [1.29, 1.82) is 0 Å². The molecule has 8 nitrogen and oxygen atoms in total. The van der Waals surface area contributed by atoms with Crippen molar-refractivity contribution >= 4 is 23.3 Å². The van der Waals surface area contributed by atoms with Crippen molar-refractivity contribution in [3.63, 3.8) is 0 Å². The minimum absolute atomic E-state index is 0.0824. The molecule has 0 radical (unpaired) electrons. The van der Waals surface area contributed by atoms with E-state index in [0.29, 0.717) is 5.56 Å².